The molecular formula is C17H22F3N3O. The second-order valence-electron chi connectivity index (χ2n) is 6.16. The summed E-state index contributed by atoms with van der Waals surface area (Å²) < 4.78 is 46.8. The molecule has 1 aromatic carbocycles. The van der Waals surface area contributed by atoms with Gasteiger partial charge in [-0.05, 0) is 23.6 Å². The third kappa shape index (κ3) is 5.26. The molecule has 7 heteroatoms. The zero-order chi connectivity index (χ0) is 17.7. The number of rotatable bonds is 7. The number of nitrogens with zero attached hydrogens (tertiary/aromatic N) is 2. The highest BCUT2D eigenvalue weighted by Crippen LogP contribution is 2.32. The average molecular weight is 341 g/mol. The van der Waals surface area contributed by atoms with Gasteiger partial charge in [-0.2, -0.15) is 18.3 Å². The second kappa shape index (κ2) is 7.70. The lowest BCUT2D eigenvalue weighted by Gasteiger charge is -2.20. The number of nitrogens with one attached hydrogen (secondary N) is 1. The van der Waals surface area contributed by atoms with Gasteiger partial charge in [0.05, 0.1) is 12.8 Å². The molecule has 0 fully saturated rings. The van der Waals surface area contributed by atoms with E-state index in [0.717, 1.165) is 5.56 Å². The molecule has 0 saturated heterocycles. The molecule has 1 heterocycles. The predicted molar refractivity (Wildman–Crippen MR) is 85.6 cm³/mol. The number of hydrogen-bond acceptors (Lipinski definition) is 3. The predicted octanol–water partition coefficient (Wildman–Crippen LogP) is 3.85. The zero-order valence-corrected chi connectivity index (χ0v) is 14.0. The highest BCUT2D eigenvalue weighted by atomic mass is 19.4. The van der Waals surface area contributed by atoms with Gasteiger partial charge in [0.1, 0.15) is 11.8 Å². The molecule has 0 amide bonds. The van der Waals surface area contributed by atoms with Crippen LogP contribution >= 0.6 is 0 Å². The maximum Gasteiger partial charge on any atom is 0.408 e. The maximum absolute atomic E-state index is 13.3. The van der Waals surface area contributed by atoms with Crippen LogP contribution < -0.4 is 10.1 Å². The van der Waals surface area contributed by atoms with Crippen LogP contribution in [0.2, 0.25) is 0 Å². The van der Waals surface area contributed by atoms with Gasteiger partial charge in [-0.3, -0.25) is 10.00 Å². The van der Waals surface area contributed by atoms with Crippen LogP contribution in [0, 0.1) is 5.92 Å². The summed E-state index contributed by atoms with van der Waals surface area (Å²) in [5.41, 5.74) is 0.826. The number of aromatic nitrogens is 2. The van der Waals surface area contributed by atoms with Gasteiger partial charge in [0.25, 0.3) is 0 Å². The fourth-order valence-electron chi connectivity index (χ4n) is 2.24. The lowest BCUT2D eigenvalue weighted by atomic mass is 10.1. The molecule has 0 aliphatic rings. The molecule has 1 N–H and O–H groups in total. The zero-order valence-electron chi connectivity index (χ0n) is 14.0. The van der Waals surface area contributed by atoms with Crippen LogP contribution in [0.5, 0.6) is 5.75 Å². The van der Waals surface area contributed by atoms with Crippen LogP contribution in [0.15, 0.2) is 36.7 Å². The van der Waals surface area contributed by atoms with Gasteiger partial charge in [-0.25, -0.2) is 0 Å². The average Bonchev–Trinajstić information content (AvgIpc) is 2.90. The Bertz CT molecular complexity index is 653. The molecule has 1 atom stereocenters. The molecule has 4 nitrogen and oxygen atoms in total. The highest BCUT2D eigenvalue weighted by Gasteiger charge is 2.41. The molecule has 2 aromatic rings. The lowest BCUT2D eigenvalue weighted by molar-refractivity contribution is -0.158. The van der Waals surface area contributed by atoms with Gasteiger partial charge in [-0.15, -0.1) is 0 Å². The fraction of sp³-hybridized carbons (Fsp3) is 0.471. The van der Waals surface area contributed by atoms with Crippen LogP contribution in [0.1, 0.15) is 31.0 Å². The topological polar surface area (TPSA) is 39.1 Å². The molecule has 0 saturated carbocycles. The number of benzene rings is 1. The first-order valence-electron chi connectivity index (χ1n) is 7.76. The summed E-state index contributed by atoms with van der Waals surface area (Å²) in [5.74, 6) is 1.04. The first-order chi connectivity index (χ1) is 11.3. The van der Waals surface area contributed by atoms with E-state index >= 15 is 0 Å². The molecule has 24 heavy (non-hydrogen) atoms. The second-order valence-corrected chi connectivity index (χ2v) is 6.16. The molecule has 0 radical (unpaired) electrons. The van der Waals surface area contributed by atoms with Gasteiger partial charge in [0, 0.05) is 25.4 Å². The van der Waals surface area contributed by atoms with Gasteiger partial charge < -0.3 is 4.74 Å². The van der Waals surface area contributed by atoms with Crippen molar-refractivity contribution < 1.29 is 17.9 Å². The van der Waals surface area contributed by atoms with Crippen LogP contribution in [0.3, 0.4) is 0 Å². The van der Waals surface area contributed by atoms with Crippen LogP contribution in [0.4, 0.5) is 13.2 Å². The summed E-state index contributed by atoms with van der Waals surface area (Å²) in [6.07, 6.45) is -1.80. The van der Waals surface area contributed by atoms with Crippen LogP contribution in [0.25, 0.3) is 0 Å². The minimum Gasteiger partial charge on any atom is -0.493 e. The molecule has 2 rings (SSSR count). The minimum atomic E-state index is -4.39. The van der Waals surface area contributed by atoms with E-state index in [1.165, 1.54) is 17.1 Å². The van der Waals surface area contributed by atoms with Crippen LogP contribution in [-0.4, -0.2) is 22.6 Å². The van der Waals surface area contributed by atoms with Crippen molar-refractivity contribution in [3.63, 3.8) is 0 Å². The smallest absolute Gasteiger partial charge is 0.408 e. The molecule has 132 valence electrons. The Morgan fingerprint density at radius 1 is 1.29 bits per heavy atom. The van der Waals surface area contributed by atoms with E-state index in [1.807, 2.05) is 13.8 Å². The summed E-state index contributed by atoms with van der Waals surface area (Å²) in [4.78, 5) is 0. The van der Waals surface area contributed by atoms with Crippen molar-refractivity contribution in [3.05, 3.63) is 47.8 Å². The van der Waals surface area contributed by atoms with Crippen LogP contribution in [-0.2, 0) is 13.6 Å². The molecular weight excluding hydrogens is 319 g/mol. The molecule has 1 aromatic heterocycles. The van der Waals surface area contributed by atoms with Crippen molar-refractivity contribution >= 4 is 0 Å². The van der Waals surface area contributed by atoms with Crippen molar-refractivity contribution in [2.75, 3.05) is 6.61 Å². The summed E-state index contributed by atoms with van der Waals surface area (Å²) >= 11 is 0. The number of alkyl halides is 3. The number of ether oxygens (including phenoxy) is 1. The molecule has 0 spiro atoms. The Morgan fingerprint density at radius 2 is 2.04 bits per heavy atom. The van der Waals surface area contributed by atoms with E-state index in [2.05, 4.69) is 10.4 Å². The van der Waals surface area contributed by atoms with E-state index in [9.17, 15) is 13.2 Å². The highest BCUT2D eigenvalue weighted by molar-refractivity contribution is 5.28. The quantitative estimate of drug-likeness (QED) is 0.831. The Hall–Kier alpha value is -2.02. The SMILES string of the molecule is CC(C)COc1cccc(CN[C@H](c2cnn(C)c2)C(F)(F)F)c1. The summed E-state index contributed by atoms with van der Waals surface area (Å²) in [6, 6.07) is 5.34. The molecule has 0 aliphatic carbocycles. The van der Waals surface area contributed by atoms with Crippen molar-refractivity contribution in [2.45, 2.75) is 32.6 Å². The summed E-state index contributed by atoms with van der Waals surface area (Å²) in [5, 5.41) is 6.38. The Kier molecular flexibility index (Phi) is 5.88. The Labute approximate surface area is 139 Å². The van der Waals surface area contributed by atoms with Crippen molar-refractivity contribution in [1.29, 1.82) is 0 Å². The molecule has 0 unspecified atom stereocenters. The van der Waals surface area contributed by atoms with E-state index in [4.69, 9.17) is 4.74 Å². The fourth-order valence-corrected chi connectivity index (χ4v) is 2.24. The number of aryl methyl sites for hydroxylation is 1. The number of hydrogen-bond donors (Lipinski definition) is 1. The maximum atomic E-state index is 13.3. The lowest BCUT2D eigenvalue weighted by Crippen LogP contribution is -2.33. The Balaban J connectivity index is 2.05. The van der Waals surface area contributed by atoms with E-state index in [0.29, 0.717) is 18.3 Å². The standard InChI is InChI=1S/C17H22F3N3O/c1-12(2)11-24-15-6-4-5-13(7-15)8-21-16(17(18,19)20)14-9-22-23(3)10-14/h4-7,9-10,12,16,21H,8,11H2,1-3H3/t16-/m1/s1. The number of halogens is 3. The van der Waals surface area contributed by atoms with Gasteiger partial charge in [0.15, 0.2) is 0 Å². The monoisotopic (exact) mass is 341 g/mol. The van der Waals surface area contributed by atoms with E-state index in [1.54, 1.807) is 31.3 Å². The van der Waals surface area contributed by atoms with Crippen molar-refractivity contribution in [1.82, 2.24) is 15.1 Å². The van der Waals surface area contributed by atoms with Gasteiger partial charge >= 0.3 is 6.18 Å². The first kappa shape index (κ1) is 18.3. The van der Waals surface area contributed by atoms with E-state index < -0.39 is 12.2 Å². The third-order valence-electron chi connectivity index (χ3n) is 3.38. The summed E-state index contributed by atoms with van der Waals surface area (Å²) in [6.45, 7) is 4.72. The van der Waals surface area contributed by atoms with Gasteiger partial charge in [0.2, 0.25) is 0 Å². The normalized spacial score (nSPS) is 13.3. The third-order valence-corrected chi connectivity index (χ3v) is 3.38. The van der Waals surface area contributed by atoms with E-state index in [-0.39, 0.29) is 12.1 Å². The van der Waals surface area contributed by atoms with Crippen molar-refractivity contribution in [2.24, 2.45) is 13.0 Å². The van der Waals surface area contributed by atoms with Crippen molar-refractivity contribution in [3.8, 4) is 5.75 Å². The first-order valence-corrected chi connectivity index (χ1v) is 7.76. The van der Waals surface area contributed by atoms with Gasteiger partial charge in [-0.1, -0.05) is 26.0 Å². The molecule has 0 bridgehead atoms. The summed E-state index contributed by atoms with van der Waals surface area (Å²) in [7, 11) is 1.59. The largest absolute Gasteiger partial charge is 0.493 e. The molecule has 0 aliphatic heterocycles. The Morgan fingerprint density at radius 3 is 2.62 bits per heavy atom. The minimum absolute atomic E-state index is 0.0813.